The van der Waals surface area contributed by atoms with Crippen LogP contribution in [0, 0.1) is 12.8 Å². The Kier molecular flexibility index (Phi) is 3.91. The fraction of sp³-hybridized carbons (Fsp3) is 0.308. The Labute approximate surface area is 110 Å². The average molecular weight is 261 g/mol. The van der Waals surface area contributed by atoms with Crippen molar-refractivity contribution in [2.24, 2.45) is 5.92 Å². The Morgan fingerprint density at radius 2 is 2.26 bits per heavy atom. The van der Waals surface area contributed by atoms with E-state index in [-0.39, 0.29) is 6.42 Å². The van der Waals surface area contributed by atoms with Crippen LogP contribution in [0.3, 0.4) is 0 Å². The maximum atomic E-state index is 11.3. The van der Waals surface area contributed by atoms with Gasteiger partial charge in [0.15, 0.2) is 0 Å². The second-order valence-electron chi connectivity index (χ2n) is 4.41. The number of hydrogen-bond acceptors (Lipinski definition) is 4. The number of carbonyl (C=O) groups is 1. The van der Waals surface area contributed by atoms with Crippen LogP contribution in [0.2, 0.25) is 0 Å². The molecule has 0 radical (unpaired) electrons. The molecule has 0 spiro atoms. The van der Waals surface area contributed by atoms with E-state index in [0.717, 1.165) is 11.3 Å². The number of carboxylic acid groups (broad SMARTS) is 1. The van der Waals surface area contributed by atoms with Gasteiger partial charge in [-0.05, 0) is 24.1 Å². The molecule has 100 valence electrons. The molecule has 19 heavy (non-hydrogen) atoms. The van der Waals surface area contributed by atoms with Gasteiger partial charge in [-0.25, -0.2) is 0 Å². The van der Waals surface area contributed by atoms with Crippen LogP contribution in [-0.4, -0.2) is 31.4 Å². The van der Waals surface area contributed by atoms with E-state index in [0.29, 0.717) is 5.56 Å². The summed E-state index contributed by atoms with van der Waals surface area (Å²) in [5.41, 5.74) is 2.09. The first-order chi connectivity index (χ1) is 9.09. The van der Waals surface area contributed by atoms with Crippen LogP contribution in [0.25, 0.3) is 0 Å². The van der Waals surface area contributed by atoms with Crippen molar-refractivity contribution in [1.29, 1.82) is 0 Å². The number of aliphatic hydroxyl groups excluding tert-OH is 1. The third-order valence-electron chi connectivity index (χ3n) is 3.08. The highest BCUT2D eigenvalue weighted by Crippen LogP contribution is 2.25. The lowest BCUT2D eigenvalue weighted by Crippen LogP contribution is -2.24. The summed E-state index contributed by atoms with van der Waals surface area (Å²) in [5.74, 6) is -1.99. The number of aryl methyl sites for hydroxylation is 1. The van der Waals surface area contributed by atoms with Crippen molar-refractivity contribution in [3.63, 3.8) is 0 Å². The van der Waals surface area contributed by atoms with Crippen molar-refractivity contribution in [3.05, 3.63) is 47.5 Å². The van der Waals surface area contributed by atoms with Gasteiger partial charge in [0.2, 0.25) is 0 Å². The first-order valence-electron chi connectivity index (χ1n) is 5.89. The Hall–Kier alpha value is -2.21. The van der Waals surface area contributed by atoms with Crippen molar-refractivity contribution < 1.29 is 15.0 Å². The summed E-state index contributed by atoms with van der Waals surface area (Å²) in [7, 11) is 0. The Balaban J connectivity index is 2.21. The molecule has 6 heteroatoms. The molecule has 2 heterocycles. The minimum atomic E-state index is -1.10. The molecule has 0 saturated heterocycles. The highest BCUT2D eigenvalue weighted by Gasteiger charge is 2.29. The fourth-order valence-corrected chi connectivity index (χ4v) is 1.92. The molecule has 0 aliphatic heterocycles. The lowest BCUT2D eigenvalue weighted by Gasteiger charge is -2.18. The summed E-state index contributed by atoms with van der Waals surface area (Å²) in [5, 5.41) is 26.1. The zero-order valence-corrected chi connectivity index (χ0v) is 10.4. The monoisotopic (exact) mass is 261 g/mol. The van der Waals surface area contributed by atoms with E-state index in [1.807, 2.05) is 6.92 Å². The van der Waals surface area contributed by atoms with Gasteiger partial charge in [0.1, 0.15) is 0 Å². The lowest BCUT2D eigenvalue weighted by atomic mass is 9.92. The molecule has 0 aliphatic carbocycles. The third kappa shape index (κ3) is 2.97. The number of H-pyrrole nitrogens is 1. The van der Waals surface area contributed by atoms with Crippen molar-refractivity contribution >= 4 is 5.97 Å². The Morgan fingerprint density at radius 1 is 1.47 bits per heavy atom. The topological polar surface area (TPSA) is 99.1 Å². The molecular formula is C13H15N3O3. The van der Waals surface area contributed by atoms with Crippen LogP contribution in [0.4, 0.5) is 0 Å². The highest BCUT2D eigenvalue weighted by molar-refractivity contribution is 5.71. The lowest BCUT2D eigenvalue weighted by molar-refractivity contribution is -0.145. The third-order valence-corrected chi connectivity index (χ3v) is 3.08. The van der Waals surface area contributed by atoms with E-state index in [4.69, 9.17) is 0 Å². The highest BCUT2D eigenvalue weighted by atomic mass is 16.4. The molecule has 0 amide bonds. The maximum absolute atomic E-state index is 11.3. The van der Waals surface area contributed by atoms with E-state index >= 15 is 0 Å². The van der Waals surface area contributed by atoms with Gasteiger partial charge >= 0.3 is 5.97 Å². The normalized spacial score (nSPS) is 14.0. The van der Waals surface area contributed by atoms with E-state index in [1.165, 1.54) is 6.20 Å². The standard InChI is InChI=1S/C13H15N3O3/c1-8-6-15-16-11(8)5-10(13(18)19)12(17)9-3-2-4-14-7-9/h2-4,6-7,10,12,17H,5H2,1H3,(H,15,16)(H,18,19). The van der Waals surface area contributed by atoms with Crippen molar-refractivity contribution in [1.82, 2.24) is 15.2 Å². The zero-order valence-electron chi connectivity index (χ0n) is 10.4. The molecule has 2 aromatic heterocycles. The largest absolute Gasteiger partial charge is 0.481 e. The number of pyridine rings is 1. The summed E-state index contributed by atoms with van der Waals surface area (Å²) >= 11 is 0. The Bertz CT molecular complexity index is 553. The van der Waals surface area contributed by atoms with Crippen LogP contribution < -0.4 is 0 Å². The number of nitrogens with zero attached hydrogens (tertiary/aromatic N) is 2. The summed E-state index contributed by atoms with van der Waals surface area (Å²) in [6.45, 7) is 1.84. The summed E-state index contributed by atoms with van der Waals surface area (Å²) in [6, 6.07) is 3.33. The van der Waals surface area contributed by atoms with Gasteiger partial charge in [-0.15, -0.1) is 0 Å². The number of rotatable bonds is 5. The van der Waals surface area contributed by atoms with Crippen molar-refractivity contribution in [3.8, 4) is 0 Å². The van der Waals surface area contributed by atoms with Gasteiger partial charge in [-0.1, -0.05) is 6.07 Å². The second kappa shape index (κ2) is 5.62. The van der Waals surface area contributed by atoms with Crippen LogP contribution in [0.5, 0.6) is 0 Å². The van der Waals surface area contributed by atoms with E-state index in [1.54, 1.807) is 24.5 Å². The molecule has 0 aromatic carbocycles. The summed E-state index contributed by atoms with van der Waals surface area (Å²) in [4.78, 5) is 15.2. The quantitative estimate of drug-likeness (QED) is 0.748. The molecule has 2 aromatic rings. The first-order valence-corrected chi connectivity index (χ1v) is 5.89. The zero-order chi connectivity index (χ0) is 13.8. The van der Waals surface area contributed by atoms with E-state index in [9.17, 15) is 15.0 Å². The number of aromatic nitrogens is 3. The average Bonchev–Trinajstić information content (AvgIpc) is 2.81. The molecule has 0 bridgehead atoms. The van der Waals surface area contributed by atoms with E-state index in [2.05, 4.69) is 15.2 Å². The van der Waals surface area contributed by atoms with Gasteiger partial charge < -0.3 is 10.2 Å². The number of aliphatic hydroxyl groups is 1. The predicted octanol–water partition coefficient (Wildman–Crippen LogP) is 1.09. The molecular weight excluding hydrogens is 246 g/mol. The molecule has 2 unspecified atom stereocenters. The molecule has 2 rings (SSSR count). The van der Waals surface area contributed by atoms with Crippen LogP contribution >= 0.6 is 0 Å². The number of aromatic amines is 1. The molecule has 3 N–H and O–H groups in total. The minimum absolute atomic E-state index is 0.192. The van der Waals surface area contributed by atoms with Crippen LogP contribution in [0.1, 0.15) is 22.9 Å². The summed E-state index contributed by atoms with van der Waals surface area (Å²) < 4.78 is 0. The second-order valence-corrected chi connectivity index (χ2v) is 4.41. The van der Waals surface area contributed by atoms with Crippen molar-refractivity contribution in [2.45, 2.75) is 19.4 Å². The SMILES string of the molecule is Cc1cn[nH]c1CC(C(=O)O)C(O)c1cccnc1. The molecule has 6 nitrogen and oxygen atoms in total. The van der Waals surface area contributed by atoms with Gasteiger partial charge in [0.25, 0.3) is 0 Å². The maximum Gasteiger partial charge on any atom is 0.309 e. The summed E-state index contributed by atoms with van der Waals surface area (Å²) in [6.07, 6.45) is 3.77. The number of nitrogens with one attached hydrogen (secondary N) is 1. The molecule has 2 atom stereocenters. The fourth-order valence-electron chi connectivity index (χ4n) is 1.92. The minimum Gasteiger partial charge on any atom is -0.481 e. The number of aliphatic carboxylic acids is 1. The van der Waals surface area contributed by atoms with Gasteiger partial charge in [-0.3, -0.25) is 14.9 Å². The molecule has 0 aliphatic rings. The molecule has 0 fully saturated rings. The number of hydrogen-bond donors (Lipinski definition) is 3. The number of carboxylic acids is 1. The van der Waals surface area contributed by atoms with Gasteiger partial charge in [0.05, 0.1) is 18.2 Å². The molecule has 0 saturated carbocycles. The first kappa shape index (κ1) is 13.2. The van der Waals surface area contributed by atoms with Crippen LogP contribution in [0.15, 0.2) is 30.7 Å². The van der Waals surface area contributed by atoms with Gasteiger partial charge in [0, 0.05) is 24.5 Å². The van der Waals surface area contributed by atoms with Crippen LogP contribution in [-0.2, 0) is 11.2 Å². The Morgan fingerprint density at radius 3 is 2.79 bits per heavy atom. The van der Waals surface area contributed by atoms with Gasteiger partial charge in [-0.2, -0.15) is 5.10 Å². The smallest absolute Gasteiger partial charge is 0.309 e. The predicted molar refractivity (Wildman–Crippen MR) is 67.4 cm³/mol. The van der Waals surface area contributed by atoms with E-state index < -0.39 is 18.0 Å². The van der Waals surface area contributed by atoms with Crippen molar-refractivity contribution in [2.75, 3.05) is 0 Å².